The highest BCUT2D eigenvalue weighted by molar-refractivity contribution is 5.37. The van der Waals surface area contributed by atoms with Crippen LogP contribution in [0.2, 0.25) is 0 Å². The fraction of sp³-hybridized carbons (Fsp3) is 0.625. The lowest BCUT2D eigenvalue weighted by Crippen LogP contribution is -2.30. The molecule has 1 aliphatic heterocycles. The first-order chi connectivity index (χ1) is 8.87. The summed E-state index contributed by atoms with van der Waals surface area (Å²) in [5.74, 6) is -0.429. The van der Waals surface area contributed by atoms with E-state index < -0.39 is 5.79 Å². The molecule has 0 amide bonds. The molecule has 1 saturated heterocycles. The largest absolute Gasteiger partial charge is 0.348 e. The van der Waals surface area contributed by atoms with E-state index >= 15 is 0 Å². The van der Waals surface area contributed by atoms with E-state index in [4.69, 9.17) is 9.47 Å². The molecule has 19 heavy (non-hydrogen) atoms. The van der Waals surface area contributed by atoms with Gasteiger partial charge in [-0.1, -0.05) is 17.7 Å². The van der Waals surface area contributed by atoms with Crippen LogP contribution < -0.4 is 5.32 Å². The fourth-order valence-corrected chi connectivity index (χ4v) is 2.71. The lowest BCUT2D eigenvalue weighted by molar-refractivity contribution is -0.137. The second-order valence-corrected chi connectivity index (χ2v) is 5.96. The van der Waals surface area contributed by atoms with E-state index in [1.807, 2.05) is 13.8 Å². The van der Waals surface area contributed by atoms with Crippen LogP contribution in [0.1, 0.15) is 36.1 Å². The lowest BCUT2D eigenvalue weighted by atomic mass is 10.00. The summed E-state index contributed by atoms with van der Waals surface area (Å²) in [6.45, 7) is 12.8. The van der Waals surface area contributed by atoms with Crippen LogP contribution in [0.4, 0.5) is 0 Å². The molecule has 3 heteroatoms. The average Bonchev–Trinajstić information content (AvgIpc) is 2.62. The van der Waals surface area contributed by atoms with Crippen molar-refractivity contribution >= 4 is 0 Å². The zero-order valence-corrected chi connectivity index (χ0v) is 12.7. The van der Waals surface area contributed by atoms with Crippen molar-refractivity contribution < 1.29 is 9.47 Å². The minimum Gasteiger partial charge on any atom is -0.348 e. The fourth-order valence-electron chi connectivity index (χ4n) is 2.71. The van der Waals surface area contributed by atoms with Crippen molar-refractivity contribution in [1.29, 1.82) is 0 Å². The zero-order chi connectivity index (χ0) is 14.0. The molecule has 0 saturated carbocycles. The standard InChI is InChI=1S/C16H25NO2/c1-11-6-12(2)15(13(3)7-11)9-17-8-14-10-18-16(4,5)19-14/h6-7,14,17H,8-10H2,1-5H3. The maximum Gasteiger partial charge on any atom is 0.163 e. The molecule has 0 bridgehead atoms. The van der Waals surface area contributed by atoms with E-state index in [-0.39, 0.29) is 6.10 Å². The summed E-state index contributed by atoms with van der Waals surface area (Å²) in [4.78, 5) is 0. The van der Waals surface area contributed by atoms with E-state index in [1.165, 1.54) is 22.3 Å². The maximum atomic E-state index is 5.78. The van der Waals surface area contributed by atoms with Gasteiger partial charge < -0.3 is 14.8 Å². The average molecular weight is 263 g/mol. The summed E-state index contributed by atoms with van der Waals surface area (Å²) >= 11 is 0. The van der Waals surface area contributed by atoms with Gasteiger partial charge in [0.15, 0.2) is 5.79 Å². The van der Waals surface area contributed by atoms with Crippen molar-refractivity contribution in [2.24, 2.45) is 0 Å². The molecule has 1 aromatic carbocycles. The van der Waals surface area contributed by atoms with Crippen molar-refractivity contribution in [2.45, 2.75) is 53.1 Å². The summed E-state index contributed by atoms with van der Waals surface area (Å²) in [6, 6.07) is 4.48. The van der Waals surface area contributed by atoms with Crippen molar-refractivity contribution in [3.05, 3.63) is 34.4 Å². The van der Waals surface area contributed by atoms with Gasteiger partial charge in [-0.15, -0.1) is 0 Å². The Bertz CT molecular complexity index is 431. The van der Waals surface area contributed by atoms with Gasteiger partial charge in [0, 0.05) is 13.1 Å². The normalized spacial score (nSPS) is 21.8. The minimum absolute atomic E-state index is 0.154. The van der Waals surface area contributed by atoms with Gasteiger partial charge in [-0.05, 0) is 51.3 Å². The summed E-state index contributed by atoms with van der Waals surface area (Å²) in [5.41, 5.74) is 5.43. The Kier molecular flexibility index (Phi) is 4.29. The van der Waals surface area contributed by atoms with Crippen LogP contribution in [0.5, 0.6) is 0 Å². The van der Waals surface area contributed by atoms with Gasteiger partial charge in [-0.25, -0.2) is 0 Å². The predicted octanol–water partition coefficient (Wildman–Crippen LogP) is 2.85. The molecule has 1 heterocycles. The highest BCUT2D eigenvalue weighted by Crippen LogP contribution is 2.22. The zero-order valence-electron chi connectivity index (χ0n) is 12.7. The quantitative estimate of drug-likeness (QED) is 0.906. The summed E-state index contributed by atoms with van der Waals surface area (Å²) in [5, 5.41) is 3.48. The molecule has 3 nitrogen and oxygen atoms in total. The van der Waals surface area contributed by atoms with Crippen LogP contribution in [-0.4, -0.2) is 25.0 Å². The number of benzene rings is 1. The van der Waals surface area contributed by atoms with E-state index in [2.05, 4.69) is 38.2 Å². The molecule has 1 aliphatic rings. The molecule has 106 valence electrons. The SMILES string of the molecule is Cc1cc(C)c(CNCC2COC(C)(C)O2)c(C)c1. The van der Waals surface area contributed by atoms with Gasteiger partial charge in [-0.3, -0.25) is 0 Å². The molecule has 1 N–H and O–H groups in total. The van der Waals surface area contributed by atoms with Gasteiger partial charge in [0.05, 0.1) is 12.7 Å². The second kappa shape index (κ2) is 5.61. The third-order valence-corrected chi connectivity index (χ3v) is 3.58. The molecule has 0 aliphatic carbocycles. The summed E-state index contributed by atoms with van der Waals surface area (Å²) in [7, 11) is 0. The van der Waals surface area contributed by atoms with Gasteiger partial charge in [0.2, 0.25) is 0 Å². The molecule has 0 spiro atoms. The lowest BCUT2D eigenvalue weighted by Gasteiger charge is -2.18. The number of rotatable bonds is 4. The van der Waals surface area contributed by atoms with Crippen LogP contribution in [0.15, 0.2) is 12.1 Å². The molecule has 2 rings (SSSR count). The Labute approximate surface area is 116 Å². The van der Waals surface area contributed by atoms with Gasteiger partial charge in [-0.2, -0.15) is 0 Å². The monoisotopic (exact) mass is 263 g/mol. The molecule has 0 aromatic heterocycles. The number of nitrogens with one attached hydrogen (secondary N) is 1. The molecule has 0 radical (unpaired) electrons. The highest BCUT2D eigenvalue weighted by Gasteiger charge is 2.32. The van der Waals surface area contributed by atoms with E-state index in [9.17, 15) is 0 Å². The Morgan fingerprint density at radius 2 is 1.84 bits per heavy atom. The van der Waals surface area contributed by atoms with E-state index in [1.54, 1.807) is 0 Å². The third kappa shape index (κ3) is 3.78. The Balaban J connectivity index is 1.87. The second-order valence-electron chi connectivity index (χ2n) is 5.96. The number of ether oxygens (including phenoxy) is 2. The topological polar surface area (TPSA) is 30.5 Å². The Morgan fingerprint density at radius 3 is 2.37 bits per heavy atom. The Morgan fingerprint density at radius 1 is 1.21 bits per heavy atom. The third-order valence-electron chi connectivity index (χ3n) is 3.58. The summed E-state index contributed by atoms with van der Waals surface area (Å²) in [6.07, 6.45) is 0.154. The summed E-state index contributed by atoms with van der Waals surface area (Å²) < 4.78 is 11.3. The molecule has 1 aromatic rings. The van der Waals surface area contributed by atoms with Crippen molar-refractivity contribution in [3.63, 3.8) is 0 Å². The van der Waals surface area contributed by atoms with E-state index in [0.717, 1.165) is 13.1 Å². The molecule has 1 fully saturated rings. The predicted molar refractivity (Wildman–Crippen MR) is 77.3 cm³/mol. The first-order valence-electron chi connectivity index (χ1n) is 6.96. The molecule has 1 atom stereocenters. The van der Waals surface area contributed by atoms with Crippen LogP contribution in [0, 0.1) is 20.8 Å². The van der Waals surface area contributed by atoms with Crippen LogP contribution in [0.3, 0.4) is 0 Å². The first kappa shape index (κ1) is 14.5. The van der Waals surface area contributed by atoms with Crippen LogP contribution in [-0.2, 0) is 16.0 Å². The molecular formula is C16H25NO2. The van der Waals surface area contributed by atoms with Crippen LogP contribution in [0.25, 0.3) is 0 Å². The van der Waals surface area contributed by atoms with Gasteiger partial charge >= 0.3 is 0 Å². The van der Waals surface area contributed by atoms with Crippen LogP contribution >= 0.6 is 0 Å². The minimum atomic E-state index is -0.429. The van der Waals surface area contributed by atoms with Crippen molar-refractivity contribution in [2.75, 3.05) is 13.2 Å². The van der Waals surface area contributed by atoms with Crippen molar-refractivity contribution in [1.82, 2.24) is 5.32 Å². The Hall–Kier alpha value is -0.900. The smallest absolute Gasteiger partial charge is 0.163 e. The van der Waals surface area contributed by atoms with Gasteiger partial charge in [0.25, 0.3) is 0 Å². The maximum absolute atomic E-state index is 5.78. The number of hydrogen-bond donors (Lipinski definition) is 1. The first-order valence-corrected chi connectivity index (χ1v) is 6.96. The number of hydrogen-bond acceptors (Lipinski definition) is 3. The number of aryl methyl sites for hydroxylation is 3. The molecule has 1 unspecified atom stereocenters. The van der Waals surface area contributed by atoms with Crippen molar-refractivity contribution in [3.8, 4) is 0 Å². The highest BCUT2D eigenvalue weighted by atomic mass is 16.7. The van der Waals surface area contributed by atoms with E-state index in [0.29, 0.717) is 6.61 Å². The van der Waals surface area contributed by atoms with Gasteiger partial charge in [0.1, 0.15) is 0 Å². The molecular weight excluding hydrogens is 238 g/mol.